The number of hydrogen-bond acceptors (Lipinski definition) is 2. The van der Waals surface area contributed by atoms with Gasteiger partial charge < -0.3 is 9.67 Å². The smallest absolute Gasteiger partial charge is 0.111 e. The fourth-order valence-corrected chi connectivity index (χ4v) is 2.26. The van der Waals surface area contributed by atoms with Crippen LogP contribution in [-0.4, -0.2) is 20.8 Å². The Hall–Kier alpha value is -0.830. The highest BCUT2D eigenvalue weighted by atomic mass is 16.3. The molecule has 3 heteroatoms. The SMILES string of the molecule is CCCn1ccnc1CC(O)C(C)CC(C)C. The predicted molar refractivity (Wildman–Crippen MR) is 70.8 cm³/mol. The van der Waals surface area contributed by atoms with Crippen LogP contribution in [0, 0.1) is 11.8 Å². The first kappa shape index (κ1) is 14.2. The molecular weight excluding hydrogens is 212 g/mol. The molecule has 1 heterocycles. The third kappa shape index (κ3) is 4.50. The minimum Gasteiger partial charge on any atom is -0.392 e. The first-order chi connectivity index (χ1) is 8.04. The number of imidazole rings is 1. The summed E-state index contributed by atoms with van der Waals surface area (Å²) in [5.74, 6) is 1.98. The molecule has 0 saturated carbocycles. The number of aliphatic hydroxyl groups is 1. The fourth-order valence-electron chi connectivity index (χ4n) is 2.26. The van der Waals surface area contributed by atoms with Crippen LogP contribution in [0.1, 0.15) is 46.4 Å². The van der Waals surface area contributed by atoms with Gasteiger partial charge in [0.1, 0.15) is 5.82 Å². The Labute approximate surface area is 105 Å². The molecule has 0 fully saturated rings. The summed E-state index contributed by atoms with van der Waals surface area (Å²) in [5.41, 5.74) is 0. The molecule has 3 nitrogen and oxygen atoms in total. The Morgan fingerprint density at radius 1 is 1.35 bits per heavy atom. The first-order valence-corrected chi connectivity index (χ1v) is 6.72. The molecule has 1 N–H and O–H groups in total. The van der Waals surface area contributed by atoms with Crippen molar-refractivity contribution < 1.29 is 5.11 Å². The summed E-state index contributed by atoms with van der Waals surface area (Å²) in [6, 6.07) is 0. The highest BCUT2D eigenvalue weighted by Crippen LogP contribution is 2.17. The zero-order valence-corrected chi connectivity index (χ0v) is 11.6. The van der Waals surface area contributed by atoms with E-state index in [1.165, 1.54) is 0 Å². The predicted octanol–water partition coefficient (Wildman–Crippen LogP) is 2.88. The van der Waals surface area contributed by atoms with E-state index >= 15 is 0 Å². The van der Waals surface area contributed by atoms with E-state index in [-0.39, 0.29) is 6.10 Å². The fraction of sp³-hybridized carbons (Fsp3) is 0.786. The van der Waals surface area contributed by atoms with Crippen molar-refractivity contribution in [2.45, 2.75) is 59.6 Å². The van der Waals surface area contributed by atoms with Crippen LogP contribution in [0.15, 0.2) is 12.4 Å². The zero-order chi connectivity index (χ0) is 12.8. The van der Waals surface area contributed by atoms with Crippen molar-refractivity contribution in [1.82, 2.24) is 9.55 Å². The first-order valence-electron chi connectivity index (χ1n) is 6.72. The maximum absolute atomic E-state index is 10.2. The molecule has 0 aliphatic carbocycles. The van der Waals surface area contributed by atoms with Gasteiger partial charge in [-0.1, -0.05) is 27.7 Å². The maximum atomic E-state index is 10.2. The lowest BCUT2D eigenvalue weighted by atomic mass is 9.92. The van der Waals surface area contributed by atoms with Crippen LogP contribution in [0.3, 0.4) is 0 Å². The molecule has 0 bridgehead atoms. The van der Waals surface area contributed by atoms with Crippen LogP contribution in [-0.2, 0) is 13.0 Å². The Morgan fingerprint density at radius 3 is 2.65 bits per heavy atom. The number of aryl methyl sites for hydroxylation is 1. The molecule has 17 heavy (non-hydrogen) atoms. The molecule has 0 aromatic carbocycles. The van der Waals surface area contributed by atoms with Gasteiger partial charge in [0.15, 0.2) is 0 Å². The number of hydrogen-bond donors (Lipinski definition) is 1. The van der Waals surface area contributed by atoms with E-state index in [0.29, 0.717) is 18.3 Å². The highest BCUT2D eigenvalue weighted by Gasteiger charge is 2.18. The van der Waals surface area contributed by atoms with Gasteiger partial charge in [-0.15, -0.1) is 0 Å². The lowest BCUT2D eigenvalue weighted by Gasteiger charge is -2.20. The Kier molecular flexibility index (Phi) is 5.69. The van der Waals surface area contributed by atoms with E-state index in [1.807, 2.05) is 12.4 Å². The van der Waals surface area contributed by atoms with Gasteiger partial charge in [0, 0.05) is 25.4 Å². The second kappa shape index (κ2) is 6.80. The van der Waals surface area contributed by atoms with Crippen molar-refractivity contribution >= 4 is 0 Å². The average Bonchev–Trinajstić information content (AvgIpc) is 2.65. The van der Waals surface area contributed by atoms with E-state index < -0.39 is 0 Å². The van der Waals surface area contributed by atoms with E-state index in [9.17, 15) is 5.11 Å². The van der Waals surface area contributed by atoms with Crippen LogP contribution >= 0.6 is 0 Å². The number of rotatable bonds is 7. The normalized spacial score (nSPS) is 15.2. The number of aromatic nitrogens is 2. The van der Waals surface area contributed by atoms with Gasteiger partial charge in [-0.05, 0) is 24.7 Å². The maximum Gasteiger partial charge on any atom is 0.111 e. The molecule has 0 aliphatic heterocycles. The van der Waals surface area contributed by atoms with Gasteiger partial charge >= 0.3 is 0 Å². The summed E-state index contributed by atoms with van der Waals surface area (Å²) in [6.45, 7) is 9.66. The van der Waals surface area contributed by atoms with Gasteiger partial charge in [-0.2, -0.15) is 0 Å². The molecule has 0 amide bonds. The van der Waals surface area contributed by atoms with Gasteiger partial charge in [0.25, 0.3) is 0 Å². The molecule has 1 rings (SSSR count). The molecule has 2 unspecified atom stereocenters. The minimum atomic E-state index is -0.282. The van der Waals surface area contributed by atoms with Crippen molar-refractivity contribution in [1.29, 1.82) is 0 Å². The van der Waals surface area contributed by atoms with Crippen molar-refractivity contribution in [3.63, 3.8) is 0 Å². The molecule has 0 radical (unpaired) electrons. The van der Waals surface area contributed by atoms with Crippen molar-refractivity contribution in [2.24, 2.45) is 11.8 Å². The molecule has 0 aliphatic rings. The second-order valence-electron chi connectivity index (χ2n) is 5.42. The average molecular weight is 238 g/mol. The van der Waals surface area contributed by atoms with Crippen LogP contribution in [0.25, 0.3) is 0 Å². The highest BCUT2D eigenvalue weighted by molar-refractivity contribution is 4.95. The number of aliphatic hydroxyl groups excluding tert-OH is 1. The molecule has 1 aromatic rings. The Morgan fingerprint density at radius 2 is 2.06 bits per heavy atom. The summed E-state index contributed by atoms with van der Waals surface area (Å²) < 4.78 is 2.14. The van der Waals surface area contributed by atoms with E-state index in [1.54, 1.807) is 0 Å². The van der Waals surface area contributed by atoms with Gasteiger partial charge in [-0.25, -0.2) is 4.98 Å². The lowest BCUT2D eigenvalue weighted by molar-refractivity contribution is 0.102. The second-order valence-corrected chi connectivity index (χ2v) is 5.42. The Balaban J connectivity index is 2.54. The van der Waals surface area contributed by atoms with Crippen LogP contribution in [0.5, 0.6) is 0 Å². The van der Waals surface area contributed by atoms with Gasteiger partial charge in [0.2, 0.25) is 0 Å². The summed E-state index contributed by atoms with van der Waals surface area (Å²) in [6.07, 6.45) is 6.37. The minimum absolute atomic E-state index is 0.282. The topological polar surface area (TPSA) is 38.0 Å². The third-order valence-electron chi connectivity index (χ3n) is 3.16. The molecule has 0 saturated heterocycles. The van der Waals surface area contributed by atoms with Crippen LogP contribution < -0.4 is 0 Å². The quantitative estimate of drug-likeness (QED) is 0.793. The summed E-state index contributed by atoms with van der Waals surface area (Å²) in [7, 11) is 0. The lowest BCUT2D eigenvalue weighted by Crippen LogP contribution is -2.23. The summed E-state index contributed by atoms with van der Waals surface area (Å²) >= 11 is 0. The molecule has 2 atom stereocenters. The van der Waals surface area contributed by atoms with E-state index in [0.717, 1.165) is 25.2 Å². The standard InChI is InChI=1S/C14H26N2O/c1-5-7-16-8-6-15-14(16)10-13(17)12(4)9-11(2)3/h6,8,11-13,17H,5,7,9-10H2,1-4H3. The molecule has 0 spiro atoms. The van der Waals surface area contributed by atoms with Crippen molar-refractivity contribution in [3.8, 4) is 0 Å². The third-order valence-corrected chi connectivity index (χ3v) is 3.16. The molecular formula is C14H26N2O. The monoisotopic (exact) mass is 238 g/mol. The largest absolute Gasteiger partial charge is 0.392 e. The van der Waals surface area contributed by atoms with Gasteiger partial charge in [0.05, 0.1) is 6.10 Å². The Bertz CT molecular complexity index is 320. The van der Waals surface area contributed by atoms with E-state index in [2.05, 4.69) is 37.2 Å². The van der Waals surface area contributed by atoms with Crippen LogP contribution in [0.4, 0.5) is 0 Å². The summed E-state index contributed by atoms with van der Waals surface area (Å²) in [5, 5.41) is 10.2. The molecule has 1 aromatic heterocycles. The number of nitrogens with zero attached hydrogens (tertiary/aromatic N) is 2. The van der Waals surface area contributed by atoms with Crippen molar-refractivity contribution in [2.75, 3.05) is 0 Å². The van der Waals surface area contributed by atoms with Gasteiger partial charge in [-0.3, -0.25) is 0 Å². The van der Waals surface area contributed by atoms with Crippen LogP contribution in [0.2, 0.25) is 0 Å². The van der Waals surface area contributed by atoms with E-state index in [4.69, 9.17) is 0 Å². The summed E-state index contributed by atoms with van der Waals surface area (Å²) in [4.78, 5) is 4.34. The molecule has 98 valence electrons. The zero-order valence-electron chi connectivity index (χ0n) is 11.6. The van der Waals surface area contributed by atoms with Crippen molar-refractivity contribution in [3.05, 3.63) is 18.2 Å².